The number of anilines is 1. The molecule has 0 fully saturated rings. The molecule has 1 aromatic carbocycles. The molecule has 6 heteroatoms. The summed E-state index contributed by atoms with van der Waals surface area (Å²) in [5.41, 5.74) is 7.28. The van der Waals surface area contributed by atoms with Gasteiger partial charge in [0.05, 0.1) is 18.1 Å². The molecule has 0 aliphatic carbocycles. The van der Waals surface area contributed by atoms with Crippen molar-refractivity contribution in [2.75, 3.05) is 5.73 Å². The Balaban J connectivity index is 1.95. The predicted molar refractivity (Wildman–Crippen MR) is 61.3 cm³/mol. The molecule has 6 nitrogen and oxygen atoms in total. The van der Waals surface area contributed by atoms with E-state index < -0.39 is 0 Å². The zero-order valence-electron chi connectivity index (χ0n) is 8.82. The lowest BCUT2D eigenvalue weighted by atomic mass is 10.1. The van der Waals surface area contributed by atoms with Gasteiger partial charge in [-0.2, -0.15) is 15.0 Å². The number of hydrogen-bond donors (Lipinski definition) is 1. The standard InChI is InChI=1S/C11H9N5O/c12-11-7-10(17-15-11)8-1-3-9(4-2-8)16-13-5-6-14-16/h1-7H,(H2,12,15). The fraction of sp³-hybridized carbons (Fsp3) is 0. The first-order valence-electron chi connectivity index (χ1n) is 5.02. The summed E-state index contributed by atoms with van der Waals surface area (Å²) in [5, 5.41) is 11.7. The Kier molecular flexibility index (Phi) is 2.11. The van der Waals surface area contributed by atoms with Crippen LogP contribution in [0.1, 0.15) is 0 Å². The molecule has 0 aliphatic rings. The third-order valence-corrected chi connectivity index (χ3v) is 2.33. The second-order valence-corrected chi connectivity index (χ2v) is 3.48. The molecule has 84 valence electrons. The molecule has 0 atom stereocenters. The average Bonchev–Trinajstić information content (AvgIpc) is 3.00. The summed E-state index contributed by atoms with van der Waals surface area (Å²) in [4.78, 5) is 1.54. The van der Waals surface area contributed by atoms with Gasteiger partial charge in [0, 0.05) is 11.6 Å². The summed E-state index contributed by atoms with van der Waals surface area (Å²) in [6.07, 6.45) is 3.26. The highest BCUT2D eigenvalue weighted by Gasteiger charge is 2.05. The molecule has 0 saturated heterocycles. The van der Waals surface area contributed by atoms with Gasteiger partial charge in [-0.05, 0) is 24.3 Å². The first-order valence-corrected chi connectivity index (χ1v) is 5.02. The van der Waals surface area contributed by atoms with E-state index in [0.717, 1.165) is 11.3 Å². The SMILES string of the molecule is Nc1cc(-c2ccc(-n3nccn3)cc2)on1. The van der Waals surface area contributed by atoms with Gasteiger partial charge >= 0.3 is 0 Å². The van der Waals surface area contributed by atoms with Crippen molar-refractivity contribution in [3.63, 3.8) is 0 Å². The number of benzene rings is 1. The van der Waals surface area contributed by atoms with E-state index in [-0.39, 0.29) is 0 Å². The van der Waals surface area contributed by atoms with Crippen LogP contribution in [0.3, 0.4) is 0 Å². The summed E-state index contributed by atoms with van der Waals surface area (Å²) in [7, 11) is 0. The van der Waals surface area contributed by atoms with Crippen LogP contribution in [0.2, 0.25) is 0 Å². The normalized spacial score (nSPS) is 10.6. The molecule has 2 N–H and O–H groups in total. The maximum absolute atomic E-state index is 5.49. The third-order valence-electron chi connectivity index (χ3n) is 2.33. The van der Waals surface area contributed by atoms with Gasteiger partial charge in [0.1, 0.15) is 0 Å². The molecule has 0 aliphatic heterocycles. The van der Waals surface area contributed by atoms with Crippen molar-refractivity contribution < 1.29 is 4.52 Å². The van der Waals surface area contributed by atoms with Gasteiger partial charge in [-0.1, -0.05) is 5.16 Å². The molecular weight excluding hydrogens is 218 g/mol. The Morgan fingerprint density at radius 3 is 2.35 bits per heavy atom. The number of nitrogens with zero attached hydrogens (tertiary/aromatic N) is 4. The highest BCUT2D eigenvalue weighted by molar-refractivity contribution is 5.61. The molecule has 0 spiro atoms. The highest BCUT2D eigenvalue weighted by Crippen LogP contribution is 2.22. The number of aromatic nitrogens is 4. The summed E-state index contributed by atoms with van der Waals surface area (Å²) in [6, 6.07) is 9.28. The number of nitrogen functional groups attached to an aromatic ring is 1. The fourth-order valence-electron chi connectivity index (χ4n) is 1.53. The maximum Gasteiger partial charge on any atom is 0.169 e. The molecule has 0 amide bonds. The Morgan fingerprint density at radius 1 is 1.06 bits per heavy atom. The monoisotopic (exact) mass is 227 g/mol. The minimum Gasteiger partial charge on any atom is -0.381 e. The molecule has 2 heterocycles. The van der Waals surface area contributed by atoms with Gasteiger partial charge in [-0.25, -0.2) is 0 Å². The van der Waals surface area contributed by atoms with E-state index in [1.54, 1.807) is 23.3 Å². The molecule has 3 rings (SSSR count). The minimum absolute atomic E-state index is 0.373. The lowest BCUT2D eigenvalue weighted by Gasteiger charge is -2.00. The minimum atomic E-state index is 0.373. The third kappa shape index (κ3) is 1.76. The quantitative estimate of drug-likeness (QED) is 0.717. The molecule has 2 aromatic heterocycles. The van der Waals surface area contributed by atoms with Crippen molar-refractivity contribution in [2.45, 2.75) is 0 Å². The maximum atomic E-state index is 5.49. The largest absolute Gasteiger partial charge is 0.381 e. The van der Waals surface area contributed by atoms with Crippen molar-refractivity contribution in [2.24, 2.45) is 0 Å². The predicted octanol–water partition coefficient (Wildman–Crippen LogP) is 1.50. The molecule has 0 unspecified atom stereocenters. The van der Waals surface area contributed by atoms with E-state index in [2.05, 4.69) is 15.4 Å². The molecule has 0 saturated carbocycles. The fourth-order valence-corrected chi connectivity index (χ4v) is 1.53. The van der Waals surface area contributed by atoms with Crippen LogP contribution in [0.15, 0.2) is 47.2 Å². The molecule has 0 bridgehead atoms. The topological polar surface area (TPSA) is 82.8 Å². The second kappa shape index (κ2) is 3.75. The lowest BCUT2D eigenvalue weighted by molar-refractivity contribution is 0.436. The Morgan fingerprint density at radius 2 is 1.76 bits per heavy atom. The van der Waals surface area contributed by atoms with Gasteiger partial charge in [0.2, 0.25) is 0 Å². The molecule has 3 aromatic rings. The van der Waals surface area contributed by atoms with E-state index >= 15 is 0 Å². The summed E-state index contributed by atoms with van der Waals surface area (Å²) >= 11 is 0. The lowest BCUT2D eigenvalue weighted by Crippen LogP contribution is -1.97. The first-order chi connectivity index (χ1) is 8.33. The van der Waals surface area contributed by atoms with Crippen LogP contribution in [-0.2, 0) is 0 Å². The van der Waals surface area contributed by atoms with Crippen molar-refractivity contribution in [3.8, 4) is 17.0 Å². The van der Waals surface area contributed by atoms with Crippen LogP contribution in [0, 0.1) is 0 Å². The van der Waals surface area contributed by atoms with Crippen molar-refractivity contribution >= 4 is 5.82 Å². The first kappa shape index (κ1) is 9.59. The molecule has 17 heavy (non-hydrogen) atoms. The van der Waals surface area contributed by atoms with Gasteiger partial charge in [0.15, 0.2) is 11.6 Å². The Hall–Kier alpha value is -2.63. The summed E-state index contributed by atoms with van der Waals surface area (Å²) < 4.78 is 5.07. The van der Waals surface area contributed by atoms with E-state index in [1.807, 2.05) is 24.3 Å². The average molecular weight is 227 g/mol. The van der Waals surface area contributed by atoms with E-state index in [0.29, 0.717) is 11.6 Å². The highest BCUT2D eigenvalue weighted by atomic mass is 16.5. The van der Waals surface area contributed by atoms with Crippen molar-refractivity contribution in [1.29, 1.82) is 0 Å². The van der Waals surface area contributed by atoms with Gasteiger partial charge in [-0.15, -0.1) is 0 Å². The number of hydrogen-bond acceptors (Lipinski definition) is 5. The van der Waals surface area contributed by atoms with Gasteiger partial charge in [-0.3, -0.25) is 0 Å². The van der Waals surface area contributed by atoms with Gasteiger partial charge < -0.3 is 10.3 Å². The van der Waals surface area contributed by atoms with Crippen molar-refractivity contribution in [3.05, 3.63) is 42.7 Å². The summed E-state index contributed by atoms with van der Waals surface area (Å²) in [6.45, 7) is 0. The Labute approximate surface area is 96.6 Å². The van der Waals surface area contributed by atoms with Crippen LogP contribution in [0.5, 0.6) is 0 Å². The van der Waals surface area contributed by atoms with Crippen LogP contribution >= 0.6 is 0 Å². The Bertz CT molecular complexity index is 612. The molecular formula is C11H9N5O. The second-order valence-electron chi connectivity index (χ2n) is 3.48. The zero-order chi connectivity index (χ0) is 11.7. The zero-order valence-corrected chi connectivity index (χ0v) is 8.82. The van der Waals surface area contributed by atoms with Crippen molar-refractivity contribution in [1.82, 2.24) is 20.2 Å². The van der Waals surface area contributed by atoms with Crippen LogP contribution in [-0.4, -0.2) is 20.2 Å². The summed E-state index contributed by atoms with van der Waals surface area (Å²) in [5.74, 6) is 1.01. The van der Waals surface area contributed by atoms with Crippen LogP contribution < -0.4 is 5.73 Å². The molecule has 0 radical (unpaired) electrons. The number of nitrogens with two attached hydrogens (primary N) is 1. The van der Waals surface area contributed by atoms with E-state index in [1.165, 1.54) is 0 Å². The van der Waals surface area contributed by atoms with Crippen LogP contribution in [0.4, 0.5) is 5.82 Å². The van der Waals surface area contributed by atoms with Crippen LogP contribution in [0.25, 0.3) is 17.0 Å². The van der Waals surface area contributed by atoms with Gasteiger partial charge in [0.25, 0.3) is 0 Å². The van der Waals surface area contributed by atoms with E-state index in [4.69, 9.17) is 10.3 Å². The smallest absolute Gasteiger partial charge is 0.169 e. The van der Waals surface area contributed by atoms with E-state index in [9.17, 15) is 0 Å². The number of rotatable bonds is 2.